The third-order valence-electron chi connectivity index (χ3n) is 3.61. The first-order chi connectivity index (χ1) is 12.2. The molecule has 0 aliphatic rings. The number of rotatable bonds is 6. The fraction of sp³-hybridized carbons (Fsp3) is 0.158. The Hall–Kier alpha value is -3.15. The van der Waals surface area contributed by atoms with Crippen LogP contribution in [0.1, 0.15) is 22.8 Å². The molecule has 0 spiro atoms. The van der Waals surface area contributed by atoms with E-state index >= 15 is 0 Å². The molecule has 1 amide bonds. The Kier molecular flexibility index (Phi) is 5.09. The van der Waals surface area contributed by atoms with Crippen molar-refractivity contribution in [3.05, 3.63) is 77.9 Å². The second kappa shape index (κ2) is 7.61. The summed E-state index contributed by atoms with van der Waals surface area (Å²) >= 11 is 0. The summed E-state index contributed by atoms with van der Waals surface area (Å²) in [6.45, 7) is 2.63. The average molecular weight is 339 g/mol. The number of ether oxygens (including phenoxy) is 1. The van der Waals surface area contributed by atoms with E-state index in [1.165, 1.54) is 12.3 Å². The Morgan fingerprint density at radius 2 is 1.96 bits per heavy atom. The smallest absolute Gasteiger partial charge is 0.259 e. The predicted molar refractivity (Wildman–Crippen MR) is 93.3 cm³/mol. The van der Waals surface area contributed by atoms with Gasteiger partial charge >= 0.3 is 0 Å². The number of hydrogen-bond acceptors (Lipinski definition) is 3. The zero-order valence-electron chi connectivity index (χ0n) is 13.8. The SMILES string of the molecule is CCOc1ccccc1C(=O)Nc1cnn(Cc2ccccc2F)c1. The van der Waals surface area contributed by atoms with Crippen LogP contribution < -0.4 is 10.1 Å². The molecule has 0 fully saturated rings. The van der Waals surface area contributed by atoms with E-state index in [0.29, 0.717) is 29.2 Å². The van der Waals surface area contributed by atoms with Crippen LogP contribution in [0.2, 0.25) is 0 Å². The second-order valence-corrected chi connectivity index (χ2v) is 5.40. The number of hydrogen-bond donors (Lipinski definition) is 1. The van der Waals surface area contributed by atoms with Crippen LogP contribution in [0.15, 0.2) is 60.9 Å². The van der Waals surface area contributed by atoms with Crippen molar-refractivity contribution >= 4 is 11.6 Å². The van der Waals surface area contributed by atoms with Gasteiger partial charge in [-0.15, -0.1) is 0 Å². The molecule has 0 unspecified atom stereocenters. The van der Waals surface area contributed by atoms with Crippen molar-refractivity contribution in [2.45, 2.75) is 13.5 Å². The van der Waals surface area contributed by atoms with E-state index in [0.717, 1.165) is 0 Å². The monoisotopic (exact) mass is 339 g/mol. The summed E-state index contributed by atoms with van der Waals surface area (Å²) in [5, 5.41) is 6.94. The molecule has 3 rings (SSSR count). The van der Waals surface area contributed by atoms with Crippen molar-refractivity contribution in [2.75, 3.05) is 11.9 Å². The number of nitrogens with one attached hydrogen (secondary N) is 1. The minimum atomic E-state index is -0.283. The molecule has 3 aromatic rings. The number of amides is 1. The van der Waals surface area contributed by atoms with E-state index in [1.807, 2.05) is 13.0 Å². The van der Waals surface area contributed by atoms with Gasteiger partial charge in [0.2, 0.25) is 0 Å². The lowest BCUT2D eigenvalue weighted by molar-refractivity contribution is 0.102. The van der Waals surface area contributed by atoms with Crippen LogP contribution in [0.25, 0.3) is 0 Å². The van der Waals surface area contributed by atoms with E-state index in [-0.39, 0.29) is 18.3 Å². The summed E-state index contributed by atoms with van der Waals surface area (Å²) in [6.07, 6.45) is 3.19. The van der Waals surface area contributed by atoms with Crippen LogP contribution in [-0.4, -0.2) is 22.3 Å². The number of nitrogens with zero attached hydrogens (tertiary/aromatic N) is 2. The first-order valence-electron chi connectivity index (χ1n) is 7.96. The lowest BCUT2D eigenvalue weighted by Gasteiger charge is -2.09. The molecule has 1 heterocycles. The van der Waals surface area contributed by atoms with Crippen LogP contribution in [0.3, 0.4) is 0 Å². The van der Waals surface area contributed by atoms with Gasteiger partial charge in [0.05, 0.1) is 30.6 Å². The molecule has 0 aliphatic heterocycles. The molecule has 25 heavy (non-hydrogen) atoms. The Morgan fingerprint density at radius 3 is 2.76 bits per heavy atom. The highest BCUT2D eigenvalue weighted by atomic mass is 19.1. The summed E-state index contributed by atoms with van der Waals surface area (Å²) in [7, 11) is 0. The number of carbonyl (C=O) groups excluding carboxylic acids is 1. The number of halogens is 1. The standard InChI is InChI=1S/C19H18FN3O2/c1-2-25-18-10-6-4-8-16(18)19(24)22-15-11-21-23(13-15)12-14-7-3-5-9-17(14)20/h3-11,13H,2,12H2,1H3,(H,22,24). The van der Waals surface area contributed by atoms with E-state index in [1.54, 1.807) is 47.3 Å². The largest absolute Gasteiger partial charge is 0.493 e. The first kappa shape index (κ1) is 16.7. The highest BCUT2D eigenvalue weighted by Gasteiger charge is 2.13. The van der Waals surface area contributed by atoms with Crippen molar-refractivity contribution in [3.8, 4) is 5.75 Å². The molecule has 0 bridgehead atoms. The summed E-state index contributed by atoms with van der Waals surface area (Å²) < 4.78 is 20.7. The zero-order chi connectivity index (χ0) is 17.6. The van der Waals surface area contributed by atoms with Crippen LogP contribution in [0.4, 0.5) is 10.1 Å². The molecule has 1 aromatic heterocycles. The predicted octanol–water partition coefficient (Wildman–Crippen LogP) is 3.72. The Morgan fingerprint density at radius 1 is 1.20 bits per heavy atom. The van der Waals surface area contributed by atoms with Gasteiger partial charge in [0.25, 0.3) is 5.91 Å². The van der Waals surface area contributed by atoms with Gasteiger partial charge in [-0.25, -0.2) is 4.39 Å². The lowest BCUT2D eigenvalue weighted by atomic mass is 10.2. The van der Waals surface area contributed by atoms with Gasteiger partial charge in [0.15, 0.2) is 0 Å². The molecule has 0 radical (unpaired) electrons. The quantitative estimate of drug-likeness (QED) is 0.745. The molecule has 0 saturated heterocycles. The molecule has 6 heteroatoms. The van der Waals surface area contributed by atoms with E-state index in [9.17, 15) is 9.18 Å². The number of para-hydroxylation sites is 1. The van der Waals surface area contributed by atoms with Gasteiger partial charge in [-0.3, -0.25) is 9.48 Å². The van der Waals surface area contributed by atoms with E-state index in [2.05, 4.69) is 10.4 Å². The van der Waals surface area contributed by atoms with Crippen LogP contribution in [0, 0.1) is 5.82 Å². The van der Waals surface area contributed by atoms with E-state index < -0.39 is 0 Å². The van der Waals surface area contributed by atoms with Gasteiger partial charge in [0, 0.05) is 11.8 Å². The summed E-state index contributed by atoms with van der Waals surface area (Å²) in [6, 6.07) is 13.6. The van der Waals surface area contributed by atoms with Gasteiger partial charge in [-0.2, -0.15) is 5.10 Å². The fourth-order valence-electron chi connectivity index (χ4n) is 2.45. The molecule has 0 aliphatic carbocycles. The molecule has 2 aromatic carbocycles. The molecule has 1 N–H and O–H groups in total. The van der Waals surface area contributed by atoms with Crippen molar-refractivity contribution in [2.24, 2.45) is 0 Å². The minimum absolute atomic E-state index is 0.283. The molecule has 0 atom stereocenters. The third-order valence-corrected chi connectivity index (χ3v) is 3.61. The maximum absolute atomic E-state index is 13.7. The first-order valence-corrected chi connectivity index (χ1v) is 7.96. The van der Waals surface area contributed by atoms with Gasteiger partial charge in [-0.1, -0.05) is 30.3 Å². The van der Waals surface area contributed by atoms with Gasteiger partial charge in [-0.05, 0) is 25.1 Å². The van der Waals surface area contributed by atoms with Gasteiger partial charge in [0.1, 0.15) is 11.6 Å². The maximum atomic E-state index is 13.7. The molecule has 128 valence electrons. The summed E-state index contributed by atoms with van der Waals surface area (Å²) in [5.41, 5.74) is 1.52. The second-order valence-electron chi connectivity index (χ2n) is 5.40. The normalized spacial score (nSPS) is 10.5. The lowest BCUT2D eigenvalue weighted by Crippen LogP contribution is -2.13. The van der Waals surface area contributed by atoms with Crippen LogP contribution >= 0.6 is 0 Å². The summed E-state index contributed by atoms with van der Waals surface area (Å²) in [5.74, 6) is -0.0371. The highest BCUT2D eigenvalue weighted by molar-refractivity contribution is 6.06. The minimum Gasteiger partial charge on any atom is -0.493 e. The van der Waals surface area contributed by atoms with Gasteiger partial charge < -0.3 is 10.1 Å². The number of anilines is 1. The van der Waals surface area contributed by atoms with E-state index in [4.69, 9.17) is 4.74 Å². The Balaban J connectivity index is 1.71. The van der Waals surface area contributed by atoms with Crippen molar-refractivity contribution in [3.63, 3.8) is 0 Å². The van der Waals surface area contributed by atoms with Crippen LogP contribution in [0.5, 0.6) is 5.75 Å². The van der Waals surface area contributed by atoms with Crippen molar-refractivity contribution in [1.29, 1.82) is 0 Å². The maximum Gasteiger partial charge on any atom is 0.259 e. The highest BCUT2D eigenvalue weighted by Crippen LogP contribution is 2.20. The third kappa shape index (κ3) is 4.03. The molecular weight excluding hydrogens is 321 g/mol. The zero-order valence-corrected chi connectivity index (χ0v) is 13.8. The summed E-state index contributed by atoms with van der Waals surface area (Å²) in [4.78, 5) is 12.4. The number of carbonyl (C=O) groups is 1. The fourth-order valence-corrected chi connectivity index (χ4v) is 2.45. The number of aromatic nitrogens is 2. The molecule has 5 nitrogen and oxygen atoms in total. The Labute approximate surface area is 145 Å². The topological polar surface area (TPSA) is 56.1 Å². The Bertz CT molecular complexity index is 876. The van der Waals surface area contributed by atoms with Crippen LogP contribution in [-0.2, 0) is 6.54 Å². The number of benzene rings is 2. The molecule has 0 saturated carbocycles. The average Bonchev–Trinajstić information content (AvgIpc) is 3.05. The molecular formula is C19H18FN3O2. The van der Waals surface area contributed by atoms with Crippen molar-refractivity contribution in [1.82, 2.24) is 9.78 Å². The van der Waals surface area contributed by atoms with Crippen molar-refractivity contribution < 1.29 is 13.9 Å².